The van der Waals surface area contributed by atoms with Crippen LogP contribution >= 0.6 is 11.6 Å². The first-order chi connectivity index (χ1) is 9.06. The molecule has 0 radical (unpaired) electrons. The molecule has 1 fully saturated rings. The zero-order valence-electron chi connectivity index (χ0n) is 11.3. The normalized spacial score (nSPS) is 17.3. The van der Waals surface area contributed by atoms with Crippen LogP contribution in [0.5, 0.6) is 0 Å². The van der Waals surface area contributed by atoms with Gasteiger partial charge in [-0.2, -0.15) is 0 Å². The van der Waals surface area contributed by atoms with E-state index in [1.165, 1.54) is 12.8 Å². The molecule has 2 aromatic rings. The van der Waals surface area contributed by atoms with Gasteiger partial charge in [-0.25, -0.2) is 4.98 Å². The van der Waals surface area contributed by atoms with Crippen molar-refractivity contribution in [1.82, 2.24) is 14.5 Å². The van der Waals surface area contributed by atoms with Crippen LogP contribution in [0.25, 0.3) is 11.0 Å². The van der Waals surface area contributed by atoms with E-state index in [2.05, 4.69) is 28.4 Å². The number of anilines is 1. The third-order valence-electron chi connectivity index (χ3n) is 4.00. The summed E-state index contributed by atoms with van der Waals surface area (Å²) in [5, 5.41) is 0.695. The van der Waals surface area contributed by atoms with Crippen molar-refractivity contribution in [3.8, 4) is 0 Å². The number of hydrogen-bond donors (Lipinski definition) is 1. The average molecular weight is 279 g/mol. The van der Waals surface area contributed by atoms with Crippen molar-refractivity contribution in [3.05, 3.63) is 23.2 Å². The third kappa shape index (κ3) is 2.42. The molecule has 1 unspecified atom stereocenters. The molecule has 5 heteroatoms. The maximum absolute atomic E-state index is 6.03. The predicted molar refractivity (Wildman–Crippen MR) is 79.4 cm³/mol. The van der Waals surface area contributed by atoms with Crippen LogP contribution in [0.1, 0.15) is 19.8 Å². The Morgan fingerprint density at radius 3 is 2.95 bits per heavy atom. The quantitative estimate of drug-likeness (QED) is 0.935. The Morgan fingerprint density at radius 2 is 2.26 bits per heavy atom. The molecule has 0 amide bonds. The lowest BCUT2D eigenvalue weighted by atomic mass is 10.2. The number of nitrogens with zero attached hydrogens (tertiary/aromatic N) is 3. The number of likely N-dealkylation sites (N-methyl/N-ethyl adjacent to an activating group) is 1. The van der Waals surface area contributed by atoms with Crippen molar-refractivity contribution < 1.29 is 0 Å². The maximum atomic E-state index is 6.03. The molecule has 4 nitrogen and oxygen atoms in total. The first-order valence-electron chi connectivity index (χ1n) is 6.69. The second-order valence-corrected chi connectivity index (χ2v) is 5.90. The lowest BCUT2D eigenvalue weighted by molar-refractivity contribution is 0.228. The highest BCUT2D eigenvalue weighted by molar-refractivity contribution is 6.31. The zero-order chi connectivity index (χ0) is 13.6. The molecule has 1 aromatic carbocycles. The molecule has 0 aliphatic heterocycles. The van der Waals surface area contributed by atoms with Crippen LogP contribution in [-0.4, -0.2) is 33.6 Å². The monoisotopic (exact) mass is 278 g/mol. The number of benzene rings is 1. The van der Waals surface area contributed by atoms with Gasteiger partial charge in [0.25, 0.3) is 0 Å². The van der Waals surface area contributed by atoms with E-state index in [9.17, 15) is 0 Å². The average Bonchev–Trinajstić information content (AvgIpc) is 3.15. The molecule has 1 aliphatic carbocycles. The van der Waals surface area contributed by atoms with E-state index < -0.39 is 0 Å². The van der Waals surface area contributed by atoms with E-state index in [0.29, 0.717) is 17.0 Å². The highest BCUT2D eigenvalue weighted by Gasteiger charge is 2.29. The highest BCUT2D eigenvalue weighted by atomic mass is 35.5. The van der Waals surface area contributed by atoms with Crippen LogP contribution in [0.15, 0.2) is 18.2 Å². The van der Waals surface area contributed by atoms with E-state index in [1.54, 1.807) is 0 Å². The van der Waals surface area contributed by atoms with E-state index in [0.717, 1.165) is 23.6 Å². The van der Waals surface area contributed by atoms with Gasteiger partial charge in [-0.05, 0) is 45.0 Å². The summed E-state index contributed by atoms with van der Waals surface area (Å²) < 4.78 is 2.08. The molecule has 1 aromatic heterocycles. The summed E-state index contributed by atoms with van der Waals surface area (Å²) in [4.78, 5) is 6.82. The van der Waals surface area contributed by atoms with Gasteiger partial charge in [0.1, 0.15) is 0 Å². The third-order valence-corrected chi connectivity index (χ3v) is 4.24. The Hall–Kier alpha value is -1.26. The Kier molecular flexibility index (Phi) is 3.15. The van der Waals surface area contributed by atoms with Crippen molar-refractivity contribution in [2.75, 3.05) is 12.8 Å². The Balaban J connectivity index is 1.89. The van der Waals surface area contributed by atoms with E-state index in [-0.39, 0.29) is 0 Å². The fourth-order valence-corrected chi connectivity index (χ4v) is 2.71. The van der Waals surface area contributed by atoms with Crippen LogP contribution < -0.4 is 5.73 Å². The maximum Gasteiger partial charge on any atom is 0.201 e. The molecular weight excluding hydrogens is 260 g/mol. The minimum Gasteiger partial charge on any atom is -0.369 e. The number of imidazole rings is 1. The minimum atomic E-state index is 0.447. The molecule has 102 valence electrons. The van der Waals surface area contributed by atoms with Gasteiger partial charge < -0.3 is 10.3 Å². The standard InChI is InChI=1S/C14H19ClN4/c1-9(18(2)11-4-5-11)8-19-13-6-3-10(15)7-12(13)17-14(19)16/h3,6-7,9,11H,4-5,8H2,1-2H3,(H2,16,17). The number of nitrogens with two attached hydrogens (primary N) is 1. The number of aromatic nitrogens is 2. The van der Waals surface area contributed by atoms with Crippen LogP contribution in [-0.2, 0) is 6.54 Å². The van der Waals surface area contributed by atoms with Gasteiger partial charge in [0.2, 0.25) is 5.95 Å². The topological polar surface area (TPSA) is 47.1 Å². The summed E-state index contributed by atoms with van der Waals surface area (Å²) in [5.74, 6) is 0.563. The molecule has 19 heavy (non-hydrogen) atoms. The summed E-state index contributed by atoms with van der Waals surface area (Å²) in [6.45, 7) is 3.09. The van der Waals surface area contributed by atoms with Gasteiger partial charge in [-0.1, -0.05) is 11.6 Å². The highest BCUT2D eigenvalue weighted by Crippen LogP contribution is 2.28. The Morgan fingerprint density at radius 1 is 1.53 bits per heavy atom. The van der Waals surface area contributed by atoms with Gasteiger partial charge in [0.15, 0.2) is 0 Å². The number of nitrogen functional groups attached to an aromatic ring is 1. The largest absolute Gasteiger partial charge is 0.369 e. The Labute approximate surface area is 118 Å². The minimum absolute atomic E-state index is 0.447. The van der Waals surface area contributed by atoms with Crippen molar-refractivity contribution in [2.24, 2.45) is 0 Å². The lowest BCUT2D eigenvalue weighted by Crippen LogP contribution is -2.34. The van der Waals surface area contributed by atoms with Gasteiger partial charge in [-0.15, -0.1) is 0 Å². The first-order valence-corrected chi connectivity index (χ1v) is 7.07. The summed E-state index contributed by atoms with van der Waals surface area (Å²) in [6, 6.07) is 6.93. The lowest BCUT2D eigenvalue weighted by Gasteiger charge is -2.25. The van der Waals surface area contributed by atoms with Gasteiger partial charge in [0, 0.05) is 23.7 Å². The van der Waals surface area contributed by atoms with Crippen LogP contribution in [0.2, 0.25) is 5.02 Å². The smallest absolute Gasteiger partial charge is 0.201 e. The molecule has 0 bridgehead atoms. The summed E-state index contributed by atoms with van der Waals surface area (Å²) in [5.41, 5.74) is 7.95. The molecule has 0 spiro atoms. The molecule has 1 aliphatic rings. The number of rotatable bonds is 4. The summed E-state index contributed by atoms with van der Waals surface area (Å²) >= 11 is 5.99. The second kappa shape index (κ2) is 4.69. The fraction of sp³-hybridized carbons (Fsp3) is 0.500. The molecule has 1 atom stereocenters. The molecule has 1 saturated carbocycles. The number of halogens is 1. The van der Waals surface area contributed by atoms with Crippen LogP contribution in [0, 0.1) is 0 Å². The molecule has 0 saturated heterocycles. The number of hydrogen-bond acceptors (Lipinski definition) is 3. The van der Waals surface area contributed by atoms with Crippen molar-refractivity contribution in [3.63, 3.8) is 0 Å². The predicted octanol–water partition coefficient (Wildman–Crippen LogP) is 2.75. The van der Waals surface area contributed by atoms with E-state index >= 15 is 0 Å². The van der Waals surface area contributed by atoms with E-state index in [4.69, 9.17) is 17.3 Å². The molecule has 1 heterocycles. The second-order valence-electron chi connectivity index (χ2n) is 5.46. The van der Waals surface area contributed by atoms with Crippen molar-refractivity contribution in [1.29, 1.82) is 0 Å². The van der Waals surface area contributed by atoms with Crippen LogP contribution in [0.4, 0.5) is 5.95 Å². The zero-order valence-corrected chi connectivity index (χ0v) is 12.1. The fourth-order valence-electron chi connectivity index (χ4n) is 2.55. The Bertz CT molecular complexity index is 603. The molecule has 2 N–H and O–H groups in total. The van der Waals surface area contributed by atoms with Crippen molar-refractivity contribution in [2.45, 2.75) is 38.4 Å². The van der Waals surface area contributed by atoms with Crippen LogP contribution in [0.3, 0.4) is 0 Å². The van der Waals surface area contributed by atoms with E-state index in [1.807, 2.05) is 18.2 Å². The first kappa shape index (κ1) is 12.8. The van der Waals surface area contributed by atoms with Crippen molar-refractivity contribution >= 4 is 28.6 Å². The molecule has 3 rings (SSSR count). The molecular formula is C14H19ClN4. The van der Waals surface area contributed by atoms with Gasteiger partial charge >= 0.3 is 0 Å². The summed E-state index contributed by atoms with van der Waals surface area (Å²) in [7, 11) is 2.19. The van der Waals surface area contributed by atoms with Gasteiger partial charge in [-0.3, -0.25) is 4.90 Å². The SMILES string of the molecule is CC(Cn1c(N)nc2cc(Cl)ccc21)N(C)C1CC1. The van der Waals surface area contributed by atoms with Gasteiger partial charge in [0.05, 0.1) is 11.0 Å². The number of fused-ring (bicyclic) bond motifs is 1. The summed E-state index contributed by atoms with van der Waals surface area (Å²) in [6.07, 6.45) is 2.63.